The zero-order valence-corrected chi connectivity index (χ0v) is 11.3. The van der Waals surface area contributed by atoms with Crippen molar-refractivity contribution in [3.63, 3.8) is 0 Å². The topological polar surface area (TPSA) is 125 Å². The van der Waals surface area contributed by atoms with Gasteiger partial charge in [0.05, 0.1) is 25.7 Å². The third-order valence-electron chi connectivity index (χ3n) is 3.44. The van der Waals surface area contributed by atoms with Crippen LogP contribution in [-0.2, 0) is 19.1 Å². The van der Waals surface area contributed by atoms with E-state index in [-0.39, 0.29) is 38.3 Å². The number of nitrogens with one attached hydrogen (secondary N) is 2. The molecule has 3 N–H and O–H groups in total. The summed E-state index contributed by atoms with van der Waals surface area (Å²) in [5.74, 6) is -1.92. The lowest BCUT2D eigenvalue weighted by atomic mass is 10.1. The van der Waals surface area contributed by atoms with E-state index in [2.05, 4.69) is 10.6 Å². The van der Waals surface area contributed by atoms with Gasteiger partial charge in [0, 0.05) is 13.0 Å². The number of amides is 4. The van der Waals surface area contributed by atoms with E-state index in [9.17, 15) is 19.2 Å². The Kier molecular flexibility index (Phi) is 4.73. The Hall–Kier alpha value is -2.16. The second-order valence-electron chi connectivity index (χ2n) is 4.97. The van der Waals surface area contributed by atoms with Crippen LogP contribution < -0.4 is 10.6 Å². The smallest absolute Gasteiger partial charge is 0.318 e. The van der Waals surface area contributed by atoms with Crippen LogP contribution in [0.2, 0.25) is 0 Å². The summed E-state index contributed by atoms with van der Waals surface area (Å²) in [4.78, 5) is 47.0. The zero-order chi connectivity index (χ0) is 15.4. The van der Waals surface area contributed by atoms with Crippen LogP contribution in [0.5, 0.6) is 0 Å². The Morgan fingerprint density at radius 3 is 2.86 bits per heavy atom. The Morgan fingerprint density at radius 2 is 2.19 bits per heavy atom. The molecule has 4 amide bonds. The fourth-order valence-electron chi connectivity index (χ4n) is 2.36. The van der Waals surface area contributed by atoms with E-state index in [0.29, 0.717) is 6.61 Å². The molecule has 9 heteroatoms. The minimum absolute atomic E-state index is 0.148. The number of nitrogens with zero attached hydrogens (tertiary/aromatic N) is 1. The molecule has 9 nitrogen and oxygen atoms in total. The first-order valence-corrected chi connectivity index (χ1v) is 6.67. The molecule has 2 atom stereocenters. The minimum Gasteiger partial charge on any atom is -0.481 e. The van der Waals surface area contributed by atoms with E-state index in [1.165, 1.54) is 4.90 Å². The molecule has 0 aromatic carbocycles. The molecule has 2 aliphatic rings. The molecule has 0 spiro atoms. The third kappa shape index (κ3) is 3.91. The summed E-state index contributed by atoms with van der Waals surface area (Å²) < 4.78 is 5.18. The summed E-state index contributed by atoms with van der Waals surface area (Å²) in [6.45, 7) is 0.727. The number of carboxylic acid groups (broad SMARTS) is 1. The van der Waals surface area contributed by atoms with Gasteiger partial charge in [0.1, 0.15) is 6.04 Å². The third-order valence-corrected chi connectivity index (χ3v) is 3.44. The fourth-order valence-corrected chi connectivity index (χ4v) is 2.36. The van der Waals surface area contributed by atoms with Crippen LogP contribution >= 0.6 is 0 Å². The Balaban J connectivity index is 1.95. The normalized spacial score (nSPS) is 26.2. The molecule has 0 radical (unpaired) electrons. The van der Waals surface area contributed by atoms with E-state index in [4.69, 9.17) is 9.84 Å². The van der Waals surface area contributed by atoms with Crippen molar-refractivity contribution >= 4 is 23.8 Å². The number of carbonyl (C=O) groups is 4. The van der Waals surface area contributed by atoms with Crippen LogP contribution in [0.1, 0.15) is 19.3 Å². The first kappa shape index (κ1) is 15.2. The van der Waals surface area contributed by atoms with E-state index in [1.807, 2.05) is 0 Å². The highest BCUT2D eigenvalue weighted by molar-refractivity contribution is 6.01. The number of hydrogen-bond acceptors (Lipinski definition) is 5. The largest absolute Gasteiger partial charge is 0.481 e. The van der Waals surface area contributed by atoms with Crippen LogP contribution in [0.15, 0.2) is 0 Å². The molecule has 0 aromatic heterocycles. The molecule has 0 bridgehead atoms. The summed E-state index contributed by atoms with van der Waals surface area (Å²) in [5, 5.41) is 13.5. The van der Waals surface area contributed by atoms with Crippen LogP contribution in [0.3, 0.4) is 0 Å². The second kappa shape index (κ2) is 6.53. The molecule has 2 fully saturated rings. The summed E-state index contributed by atoms with van der Waals surface area (Å²) in [6, 6.07) is -1.85. The molecule has 2 aliphatic heterocycles. The summed E-state index contributed by atoms with van der Waals surface area (Å²) in [7, 11) is 0. The number of carbonyl (C=O) groups excluding carboxylic acids is 3. The molecule has 21 heavy (non-hydrogen) atoms. The predicted molar refractivity (Wildman–Crippen MR) is 68.3 cm³/mol. The van der Waals surface area contributed by atoms with E-state index < -0.39 is 30.0 Å². The number of imide groups is 1. The molecule has 0 aromatic rings. The monoisotopic (exact) mass is 299 g/mol. The van der Waals surface area contributed by atoms with E-state index in [1.54, 1.807) is 0 Å². The summed E-state index contributed by atoms with van der Waals surface area (Å²) >= 11 is 0. The van der Waals surface area contributed by atoms with Crippen molar-refractivity contribution in [2.24, 2.45) is 0 Å². The van der Waals surface area contributed by atoms with Crippen molar-refractivity contribution in [2.45, 2.75) is 31.3 Å². The second-order valence-corrected chi connectivity index (χ2v) is 4.97. The van der Waals surface area contributed by atoms with Gasteiger partial charge in [0.25, 0.3) is 0 Å². The van der Waals surface area contributed by atoms with Crippen LogP contribution in [-0.4, -0.2) is 65.7 Å². The quantitative estimate of drug-likeness (QED) is 0.555. The molecule has 0 saturated carbocycles. The maximum absolute atomic E-state index is 12.2. The number of hydrogen-bond donors (Lipinski definition) is 3. The first-order chi connectivity index (χ1) is 9.97. The highest BCUT2D eigenvalue weighted by Crippen LogP contribution is 2.12. The number of carboxylic acids is 1. The molecule has 0 aliphatic carbocycles. The molecule has 2 saturated heterocycles. The average Bonchev–Trinajstić information content (AvgIpc) is 2.42. The van der Waals surface area contributed by atoms with Gasteiger partial charge in [-0.15, -0.1) is 0 Å². The van der Waals surface area contributed by atoms with Gasteiger partial charge in [-0.05, 0) is 6.42 Å². The molecular weight excluding hydrogens is 282 g/mol. The average molecular weight is 299 g/mol. The number of piperidine rings is 1. The zero-order valence-electron chi connectivity index (χ0n) is 11.3. The van der Waals surface area contributed by atoms with Crippen molar-refractivity contribution in [1.82, 2.24) is 15.5 Å². The summed E-state index contributed by atoms with van der Waals surface area (Å²) in [5.41, 5.74) is 0. The highest BCUT2D eigenvalue weighted by Gasteiger charge is 2.33. The SMILES string of the molecule is O=C(O)CC1COCCN1C(=O)NC1CCC(=O)NC1=O. The maximum atomic E-state index is 12.2. The lowest BCUT2D eigenvalue weighted by Gasteiger charge is -2.36. The fraction of sp³-hybridized carbons (Fsp3) is 0.667. The number of aliphatic carboxylic acids is 1. The predicted octanol–water partition coefficient (Wildman–Crippen LogP) is -1.32. The van der Waals surface area contributed by atoms with Gasteiger partial charge in [0.15, 0.2) is 0 Å². The van der Waals surface area contributed by atoms with Crippen LogP contribution in [0.25, 0.3) is 0 Å². The molecule has 2 rings (SSSR count). The van der Waals surface area contributed by atoms with Crippen LogP contribution in [0, 0.1) is 0 Å². The van der Waals surface area contributed by atoms with E-state index >= 15 is 0 Å². The Morgan fingerprint density at radius 1 is 1.43 bits per heavy atom. The van der Waals surface area contributed by atoms with Crippen molar-refractivity contribution < 1.29 is 29.0 Å². The van der Waals surface area contributed by atoms with Crippen molar-refractivity contribution in [3.8, 4) is 0 Å². The first-order valence-electron chi connectivity index (χ1n) is 6.67. The van der Waals surface area contributed by atoms with Crippen molar-refractivity contribution in [1.29, 1.82) is 0 Å². The lowest BCUT2D eigenvalue weighted by Crippen LogP contribution is -2.59. The highest BCUT2D eigenvalue weighted by atomic mass is 16.5. The van der Waals surface area contributed by atoms with Gasteiger partial charge in [-0.25, -0.2) is 4.79 Å². The van der Waals surface area contributed by atoms with Gasteiger partial charge in [0.2, 0.25) is 11.8 Å². The molecule has 2 unspecified atom stereocenters. The van der Waals surface area contributed by atoms with Crippen molar-refractivity contribution in [3.05, 3.63) is 0 Å². The molecular formula is C12H17N3O6. The molecule has 116 valence electrons. The van der Waals surface area contributed by atoms with E-state index in [0.717, 1.165) is 0 Å². The number of ether oxygens (including phenoxy) is 1. The van der Waals surface area contributed by atoms with Gasteiger partial charge in [-0.1, -0.05) is 0 Å². The number of morpholine rings is 1. The Labute approximate surface area is 120 Å². The summed E-state index contributed by atoms with van der Waals surface area (Å²) in [6.07, 6.45) is 0.186. The number of rotatable bonds is 3. The molecule has 2 heterocycles. The lowest BCUT2D eigenvalue weighted by molar-refractivity contribution is -0.140. The van der Waals surface area contributed by atoms with Crippen LogP contribution in [0.4, 0.5) is 4.79 Å². The maximum Gasteiger partial charge on any atom is 0.318 e. The number of urea groups is 1. The van der Waals surface area contributed by atoms with Gasteiger partial charge in [-0.2, -0.15) is 0 Å². The van der Waals surface area contributed by atoms with Gasteiger partial charge < -0.3 is 20.1 Å². The van der Waals surface area contributed by atoms with Gasteiger partial charge in [-0.3, -0.25) is 19.7 Å². The van der Waals surface area contributed by atoms with Gasteiger partial charge >= 0.3 is 12.0 Å². The van der Waals surface area contributed by atoms with Crippen molar-refractivity contribution in [2.75, 3.05) is 19.8 Å². The standard InChI is InChI=1S/C12H17N3O6/c16-9-2-1-8(11(19)14-9)13-12(20)15-3-4-21-6-7(15)5-10(17)18/h7-8H,1-6H2,(H,13,20)(H,17,18)(H,14,16,19). The Bertz CT molecular complexity index is 466. The minimum atomic E-state index is -1.02.